The maximum absolute atomic E-state index is 13.5. The monoisotopic (exact) mass is 436 g/mol. The van der Waals surface area contributed by atoms with Crippen molar-refractivity contribution in [2.75, 3.05) is 31.1 Å². The lowest BCUT2D eigenvalue weighted by Gasteiger charge is -2.36. The summed E-state index contributed by atoms with van der Waals surface area (Å²) >= 11 is 1.35. The Morgan fingerprint density at radius 1 is 1.07 bits per heavy atom. The minimum absolute atomic E-state index is 0.127. The fourth-order valence-corrected chi connectivity index (χ4v) is 4.77. The summed E-state index contributed by atoms with van der Waals surface area (Å²) in [5.74, 6) is -1.26. The molecule has 0 radical (unpaired) electrons. The number of carbonyl (C=O) groups excluding carboxylic acids is 1. The summed E-state index contributed by atoms with van der Waals surface area (Å²) in [5, 5.41) is 0. The number of piperazine rings is 1. The number of hydrogen-bond acceptors (Lipinski definition) is 5. The van der Waals surface area contributed by atoms with E-state index in [9.17, 15) is 30.8 Å². The van der Waals surface area contributed by atoms with Crippen LogP contribution in [0.25, 0.3) is 0 Å². The quantitative estimate of drug-likeness (QED) is 0.692. The summed E-state index contributed by atoms with van der Waals surface area (Å²) in [6, 6.07) is 5.85. The topological polar surface area (TPSA) is 57.7 Å². The number of benzene rings is 1. The van der Waals surface area contributed by atoms with Crippen LogP contribution in [0.4, 0.5) is 23.2 Å². The summed E-state index contributed by atoms with van der Waals surface area (Å²) in [5.41, 5.74) is -5.76. The van der Waals surface area contributed by atoms with Gasteiger partial charge in [0.25, 0.3) is 15.7 Å². The van der Waals surface area contributed by atoms with Gasteiger partial charge in [-0.15, -0.1) is 11.3 Å². The number of aryl methyl sites for hydroxylation is 1. The average molecular weight is 436 g/mol. The first-order chi connectivity index (χ1) is 13.0. The van der Waals surface area contributed by atoms with Gasteiger partial charge < -0.3 is 9.80 Å². The first-order valence-electron chi connectivity index (χ1n) is 8.22. The summed E-state index contributed by atoms with van der Waals surface area (Å²) in [6.45, 7) is 2.54. The van der Waals surface area contributed by atoms with Gasteiger partial charge in [0.2, 0.25) is 0 Å². The number of halogens is 4. The highest BCUT2D eigenvalue weighted by Gasteiger charge is 2.48. The molecule has 0 spiro atoms. The molecule has 1 aliphatic heterocycles. The fourth-order valence-electron chi connectivity index (χ4n) is 2.94. The molecule has 28 heavy (non-hydrogen) atoms. The standard InChI is InChI=1S/C17H16F4N2O3S2/c1-11-2-5-14(27-11)16(24)23-8-6-22(7-9-23)13-4-3-12(18)10-15(13)28(25,26)17(19,20)21/h2-5,10H,6-9H2,1H3. The van der Waals surface area contributed by atoms with E-state index >= 15 is 0 Å². The van der Waals surface area contributed by atoms with Gasteiger partial charge in [-0.05, 0) is 37.3 Å². The number of sulfone groups is 1. The predicted molar refractivity (Wildman–Crippen MR) is 96.8 cm³/mol. The van der Waals surface area contributed by atoms with Crippen LogP contribution in [0.5, 0.6) is 0 Å². The zero-order chi connectivity index (χ0) is 20.7. The van der Waals surface area contributed by atoms with Crippen LogP contribution in [-0.2, 0) is 9.84 Å². The molecule has 2 heterocycles. The van der Waals surface area contributed by atoms with Gasteiger partial charge in [0.05, 0.1) is 10.6 Å². The van der Waals surface area contributed by atoms with Crippen LogP contribution < -0.4 is 4.90 Å². The number of hydrogen-bond donors (Lipinski definition) is 0. The first-order valence-corrected chi connectivity index (χ1v) is 10.5. The van der Waals surface area contributed by atoms with Gasteiger partial charge in [-0.1, -0.05) is 0 Å². The Kier molecular flexibility index (Phi) is 5.41. The van der Waals surface area contributed by atoms with E-state index in [0.29, 0.717) is 10.9 Å². The Balaban J connectivity index is 1.82. The van der Waals surface area contributed by atoms with Gasteiger partial charge in [-0.3, -0.25) is 4.79 Å². The van der Waals surface area contributed by atoms with Crippen LogP contribution in [-0.4, -0.2) is 50.9 Å². The number of carbonyl (C=O) groups is 1. The van der Waals surface area contributed by atoms with E-state index in [1.807, 2.05) is 13.0 Å². The van der Waals surface area contributed by atoms with Gasteiger partial charge in [0, 0.05) is 31.1 Å². The normalized spacial score (nSPS) is 15.8. The molecule has 2 aromatic rings. The average Bonchev–Trinajstić information content (AvgIpc) is 3.06. The third-order valence-corrected chi connectivity index (χ3v) is 6.88. The molecule has 1 aromatic heterocycles. The number of amides is 1. The van der Waals surface area contributed by atoms with Crippen molar-refractivity contribution in [3.8, 4) is 0 Å². The third kappa shape index (κ3) is 3.86. The van der Waals surface area contributed by atoms with E-state index in [4.69, 9.17) is 0 Å². The molecule has 0 bridgehead atoms. The lowest BCUT2D eigenvalue weighted by atomic mass is 10.2. The molecule has 0 unspecified atom stereocenters. The van der Waals surface area contributed by atoms with Gasteiger partial charge in [0.1, 0.15) is 10.7 Å². The highest BCUT2D eigenvalue weighted by molar-refractivity contribution is 7.92. The highest BCUT2D eigenvalue weighted by Crippen LogP contribution is 2.36. The number of anilines is 1. The maximum atomic E-state index is 13.5. The minimum Gasteiger partial charge on any atom is -0.367 e. The van der Waals surface area contributed by atoms with Gasteiger partial charge in [-0.2, -0.15) is 13.2 Å². The molecule has 3 rings (SSSR count). The molecule has 0 aliphatic carbocycles. The summed E-state index contributed by atoms with van der Waals surface area (Å²) < 4.78 is 76.1. The first kappa shape index (κ1) is 20.6. The van der Waals surface area contributed by atoms with Crippen molar-refractivity contribution in [1.82, 2.24) is 4.90 Å². The van der Waals surface area contributed by atoms with Crippen molar-refractivity contribution in [1.29, 1.82) is 0 Å². The molecule has 1 fully saturated rings. The summed E-state index contributed by atoms with van der Waals surface area (Å²) in [4.78, 5) is 15.9. The summed E-state index contributed by atoms with van der Waals surface area (Å²) in [7, 11) is -5.71. The zero-order valence-corrected chi connectivity index (χ0v) is 16.3. The molecule has 1 saturated heterocycles. The van der Waals surface area contributed by atoms with E-state index < -0.39 is 26.1 Å². The molecule has 152 valence electrons. The Morgan fingerprint density at radius 2 is 1.71 bits per heavy atom. The maximum Gasteiger partial charge on any atom is 0.501 e. The lowest BCUT2D eigenvalue weighted by Crippen LogP contribution is -2.49. The SMILES string of the molecule is Cc1ccc(C(=O)N2CCN(c3ccc(F)cc3S(=O)(=O)C(F)(F)F)CC2)s1. The van der Waals surface area contributed by atoms with Crippen molar-refractivity contribution >= 4 is 32.8 Å². The predicted octanol–water partition coefficient (Wildman–Crippen LogP) is 3.45. The third-order valence-electron chi connectivity index (χ3n) is 4.37. The second-order valence-electron chi connectivity index (χ2n) is 6.25. The Labute approximate surface area is 163 Å². The number of rotatable bonds is 3. The van der Waals surface area contributed by atoms with E-state index in [1.165, 1.54) is 16.2 Å². The molecule has 1 aromatic carbocycles. The lowest BCUT2D eigenvalue weighted by molar-refractivity contribution is -0.0435. The van der Waals surface area contributed by atoms with Crippen LogP contribution in [0.2, 0.25) is 0 Å². The molecule has 1 amide bonds. The van der Waals surface area contributed by atoms with E-state index in [2.05, 4.69) is 0 Å². The smallest absolute Gasteiger partial charge is 0.367 e. The zero-order valence-electron chi connectivity index (χ0n) is 14.7. The van der Waals surface area contributed by atoms with Gasteiger partial charge >= 0.3 is 5.51 Å². The van der Waals surface area contributed by atoms with Crippen molar-refractivity contribution in [2.45, 2.75) is 17.3 Å². The van der Waals surface area contributed by atoms with Crippen molar-refractivity contribution < 1.29 is 30.8 Å². The second-order valence-corrected chi connectivity index (χ2v) is 9.45. The minimum atomic E-state index is -5.71. The van der Waals surface area contributed by atoms with Gasteiger partial charge in [0.15, 0.2) is 0 Å². The Hall–Kier alpha value is -2.14. The van der Waals surface area contributed by atoms with Crippen molar-refractivity contribution in [2.24, 2.45) is 0 Å². The highest BCUT2D eigenvalue weighted by atomic mass is 32.2. The Morgan fingerprint density at radius 3 is 2.25 bits per heavy atom. The van der Waals surface area contributed by atoms with Crippen LogP contribution in [0.15, 0.2) is 35.2 Å². The van der Waals surface area contributed by atoms with Crippen molar-refractivity contribution in [3.05, 3.63) is 45.9 Å². The van der Waals surface area contributed by atoms with Crippen LogP contribution in [0, 0.1) is 12.7 Å². The molecule has 11 heteroatoms. The van der Waals surface area contributed by atoms with E-state index in [-0.39, 0.29) is 37.8 Å². The van der Waals surface area contributed by atoms with Crippen LogP contribution in [0.1, 0.15) is 14.5 Å². The molecule has 5 nitrogen and oxygen atoms in total. The van der Waals surface area contributed by atoms with Crippen molar-refractivity contribution in [3.63, 3.8) is 0 Å². The fraction of sp³-hybridized carbons (Fsp3) is 0.353. The number of thiophene rings is 1. The van der Waals surface area contributed by atoms with Crippen LogP contribution >= 0.6 is 11.3 Å². The number of alkyl halides is 3. The molecular formula is C17H16F4N2O3S2. The largest absolute Gasteiger partial charge is 0.501 e. The number of nitrogens with zero attached hydrogens (tertiary/aromatic N) is 2. The molecule has 0 atom stereocenters. The van der Waals surface area contributed by atoms with E-state index in [0.717, 1.165) is 17.0 Å². The van der Waals surface area contributed by atoms with Gasteiger partial charge in [-0.25, -0.2) is 12.8 Å². The van der Waals surface area contributed by atoms with Crippen LogP contribution in [0.3, 0.4) is 0 Å². The van der Waals surface area contributed by atoms with E-state index in [1.54, 1.807) is 11.0 Å². The summed E-state index contributed by atoms with van der Waals surface area (Å²) in [6.07, 6.45) is 0. The second kappa shape index (κ2) is 7.36. The molecule has 0 saturated carbocycles. The molecule has 1 aliphatic rings. The molecule has 0 N–H and O–H groups in total. The Bertz CT molecular complexity index is 994. The molecular weight excluding hydrogens is 420 g/mol.